The average molecular weight is 218 g/mol. The number of hydrogen-bond acceptors (Lipinski definition) is 3. The van der Waals surface area contributed by atoms with E-state index < -0.39 is 5.76 Å². The fourth-order valence-corrected chi connectivity index (χ4v) is 2.04. The summed E-state index contributed by atoms with van der Waals surface area (Å²) in [5.41, 5.74) is 2.18. The number of hydrogen-bond donors (Lipinski definition) is 2. The first-order chi connectivity index (χ1) is 7.72. The number of amides is 1. The Morgan fingerprint density at radius 3 is 2.94 bits per heavy atom. The molecule has 3 rings (SSSR count). The molecule has 1 aromatic carbocycles. The SMILES string of the molecule is O=C1CCC(c2ccc3[nH]c(=O)oc3c2)N1. The second-order valence-corrected chi connectivity index (χ2v) is 3.93. The number of aromatic nitrogens is 1. The summed E-state index contributed by atoms with van der Waals surface area (Å²) in [4.78, 5) is 24.7. The molecule has 1 saturated heterocycles. The Bertz CT molecular complexity index is 611. The minimum atomic E-state index is -0.456. The Morgan fingerprint density at radius 1 is 1.31 bits per heavy atom. The molecule has 0 radical (unpaired) electrons. The third kappa shape index (κ3) is 1.41. The predicted molar refractivity (Wildman–Crippen MR) is 57.0 cm³/mol. The summed E-state index contributed by atoms with van der Waals surface area (Å²) >= 11 is 0. The summed E-state index contributed by atoms with van der Waals surface area (Å²) in [5, 5.41) is 2.87. The Kier molecular flexibility index (Phi) is 1.86. The number of H-pyrrole nitrogens is 1. The monoisotopic (exact) mass is 218 g/mol. The first-order valence-electron chi connectivity index (χ1n) is 5.14. The highest BCUT2D eigenvalue weighted by atomic mass is 16.4. The van der Waals surface area contributed by atoms with Crippen molar-refractivity contribution >= 4 is 17.0 Å². The average Bonchev–Trinajstić information content (AvgIpc) is 2.81. The van der Waals surface area contributed by atoms with Crippen molar-refractivity contribution in [2.75, 3.05) is 0 Å². The Hall–Kier alpha value is -2.04. The van der Waals surface area contributed by atoms with Crippen LogP contribution in [0.5, 0.6) is 0 Å². The van der Waals surface area contributed by atoms with E-state index in [0.29, 0.717) is 17.5 Å². The van der Waals surface area contributed by atoms with Crippen LogP contribution in [0.3, 0.4) is 0 Å². The minimum absolute atomic E-state index is 0.0390. The van der Waals surface area contributed by atoms with Gasteiger partial charge in [0.1, 0.15) is 0 Å². The van der Waals surface area contributed by atoms with E-state index in [4.69, 9.17) is 4.42 Å². The molecule has 1 amide bonds. The fourth-order valence-electron chi connectivity index (χ4n) is 2.04. The van der Waals surface area contributed by atoms with Crippen molar-refractivity contribution in [2.24, 2.45) is 0 Å². The van der Waals surface area contributed by atoms with E-state index in [2.05, 4.69) is 10.3 Å². The van der Waals surface area contributed by atoms with Gasteiger partial charge in [0.2, 0.25) is 5.91 Å². The van der Waals surface area contributed by atoms with Crippen LogP contribution in [0.25, 0.3) is 11.1 Å². The van der Waals surface area contributed by atoms with Gasteiger partial charge in [-0.2, -0.15) is 0 Å². The third-order valence-corrected chi connectivity index (χ3v) is 2.84. The van der Waals surface area contributed by atoms with Crippen LogP contribution in [0.4, 0.5) is 0 Å². The number of aromatic amines is 1. The highest BCUT2D eigenvalue weighted by molar-refractivity contribution is 5.79. The Balaban J connectivity index is 2.04. The molecule has 5 heteroatoms. The molecule has 0 spiro atoms. The molecule has 1 atom stereocenters. The van der Waals surface area contributed by atoms with Gasteiger partial charge in [-0.25, -0.2) is 4.79 Å². The van der Waals surface area contributed by atoms with Gasteiger partial charge in [-0.05, 0) is 24.1 Å². The maximum Gasteiger partial charge on any atom is 0.417 e. The van der Waals surface area contributed by atoms with Crippen LogP contribution in [0.15, 0.2) is 27.4 Å². The lowest BCUT2D eigenvalue weighted by Gasteiger charge is -2.09. The van der Waals surface area contributed by atoms with E-state index in [9.17, 15) is 9.59 Å². The molecule has 0 bridgehead atoms. The number of rotatable bonds is 1. The molecule has 1 fully saturated rings. The topological polar surface area (TPSA) is 75.1 Å². The van der Waals surface area contributed by atoms with Gasteiger partial charge in [0.15, 0.2) is 5.58 Å². The van der Waals surface area contributed by atoms with Crippen molar-refractivity contribution in [1.29, 1.82) is 0 Å². The lowest BCUT2D eigenvalue weighted by atomic mass is 10.1. The minimum Gasteiger partial charge on any atom is -0.408 e. The predicted octanol–water partition coefficient (Wildman–Crippen LogP) is 1.07. The zero-order valence-corrected chi connectivity index (χ0v) is 8.45. The maximum atomic E-state index is 11.1. The molecular formula is C11H10N2O3. The summed E-state index contributed by atoms with van der Waals surface area (Å²) < 4.78 is 4.97. The quantitative estimate of drug-likeness (QED) is 0.751. The van der Waals surface area contributed by atoms with Crippen molar-refractivity contribution in [3.8, 4) is 0 Å². The second kappa shape index (κ2) is 3.23. The van der Waals surface area contributed by atoms with E-state index in [1.807, 2.05) is 6.07 Å². The molecule has 1 aliphatic heterocycles. The zero-order valence-electron chi connectivity index (χ0n) is 8.45. The van der Waals surface area contributed by atoms with Gasteiger partial charge in [0.05, 0.1) is 11.6 Å². The van der Waals surface area contributed by atoms with Crippen LogP contribution in [0, 0.1) is 0 Å². The lowest BCUT2D eigenvalue weighted by Crippen LogP contribution is -2.18. The van der Waals surface area contributed by atoms with Gasteiger partial charge in [0.25, 0.3) is 0 Å². The van der Waals surface area contributed by atoms with Crippen molar-refractivity contribution < 1.29 is 9.21 Å². The molecular weight excluding hydrogens is 208 g/mol. The van der Waals surface area contributed by atoms with Crippen molar-refractivity contribution in [3.05, 3.63) is 34.3 Å². The second-order valence-electron chi connectivity index (χ2n) is 3.93. The first kappa shape index (κ1) is 9.21. The molecule has 16 heavy (non-hydrogen) atoms. The highest BCUT2D eigenvalue weighted by Crippen LogP contribution is 2.25. The van der Waals surface area contributed by atoms with Crippen LogP contribution in [0.2, 0.25) is 0 Å². The summed E-state index contributed by atoms with van der Waals surface area (Å²) in [6.07, 6.45) is 1.35. The van der Waals surface area contributed by atoms with Crippen molar-refractivity contribution in [3.63, 3.8) is 0 Å². The molecule has 5 nitrogen and oxygen atoms in total. The van der Waals surface area contributed by atoms with Crippen molar-refractivity contribution in [1.82, 2.24) is 10.3 Å². The van der Waals surface area contributed by atoms with E-state index >= 15 is 0 Å². The number of benzene rings is 1. The lowest BCUT2D eigenvalue weighted by molar-refractivity contribution is -0.119. The van der Waals surface area contributed by atoms with Gasteiger partial charge < -0.3 is 9.73 Å². The van der Waals surface area contributed by atoms with Crippen LogP contribution in [-0.4, -0.2) is 10.9 Å². The molecule has 2 aromatic rings. The number of carbonyl (C=O) groups is 1. The number of nitrogens with one attached hydrogen (secondary N) is 2. The fraction of sp³-hybridized carbons (Fsp3) is 0.273. The third-order valence-electron chi connectivity index (χ3n) is 2.84. The van der Waals surface area contributed by atoms with Gasteiger partial charge >= 0.3 is 5.76 Å². The first-order valence-corrected chi connectivity index (χ1v) is 5.14. The Morgan fingerprint density at radius 2 is 2.19 bits per heavy atom. The van der Waals surface area contributed by atoms with E-state index in [-0.39, 0.29) is 11.9 Å². The van der Waals surface area contributed by atoms with E-state index in [1.165, 1.54) is 0 Å². The van der Waals surface area contributed by atoms with E-state index in [1.54, 1.807) is 12.1 Å². The van der Waals surface area contributed by atoms with Gasteiger partial charge in [-0.15, -0.1) is 0 Å². The molecule has 1 aromatic heterocycles. The van der Waals surface area contributed by atoms with Gasteiger partial charge in [0, 0.05) is 6.42 Å². The molecule has 2 heterocycles. The highest BCUT2D eigenvalue weighted by Gasteiger charge is 2.22. The van der Waals surface area contributed by atoms with Crippen LogP contribution in [-0.2, 0) is 4.79 Å². The van der Waals surface area contributed by atoms with Crippen molar-refractivity contribution in [2.45, 2.75) is 18.9 Å². The van der Waals surface area contributed by atoms with E-state index in [0.717, 1.165) is 12.0 Å². The van der Waals surface area contributed by atoms with Crippen LogP contribution < -0.4 is 11.1 Å². The smallest absolute Gasteiger partial charge is 0.408 e. The van der Waals surface area contributed by atoms with Crippen LogP contribution in [0.1, 0.15) is 24.4 Å². The van der Waals surface area contributed by atoms with Gasteiger partial charge in [-0.3, -0.25) is 9.78 Å². The molecule has 1 aliphatic rings. The molecule has 82 valence electrons. The summed E-state index contributed by atoms with van der Waals surface area (Å²) in [5.74, 6) is -0.386. The molecule has 2 N–H and O–H groups in total. The summed E-state index contributed by atoms with van der Waals surface area (Å²) in [6.45, 7) is 0. The number of oxazole rings is 1. The summed E-state index contributed by atoms with van der Waals surface area (Å²) in [6, 6.07) is 5.52. The Labute approximate surface area is 90.5 Å². The molecule has 0 aliphatic carbocycles. The molecule has 1 unspecified atom stereocenters. The largest absolute Gasteiger partial charge is 0.417 e. The summed E-state index contributed by atoms with van der Waals surface area (Å²) in [7, 11) is 0. The number of carbonyl (C=O) groups excluding carboxylic acids is 1. The van der Waals surface area contributed by atoms with Crippen LogP contribution >= 0.6 is 0 Å². The zero-order chi connectivity index (χ0) is 11.1. The normalized spacial score (nSPS) is 20.2. The van der Waals surface area contributed by atoms with Gasteiger partial charge in [-0.1, -0.05) is 6.07 Å². The standard InChI is InChI=1S/C11H10N2O3/c14-10-4-3-7(12-10)6-1-2-8-9(5-6)16-11(15)13-8/h1-2,5,7H,3-4H2,(H,12,14)(H,13,15). The maximum absolute atomic E-state index is 11.1. The number of fused-ring (bicyclic) bond motifs is 1. The molecule has 0 saturated carbocycles.